The Morgan fingerprint density at radius 1 is 1.28 bits per heavy atom. The van der Waals surface area contributed by atoms with Crippen molar-refractivity contribution in [3.05, 3.63) is 35.6 Å². The zero-order valence-corrected chi connectivity index (χ0v) is 14.4. The highest BCUT2D eigenvalue weighted by Gasteiger charge is 2.43. The number of benzene rings is 1. The number of halogens is 1. The summed E-state index contributed by atoms with van der Waals surface area (Å²) in [7, 11) is 0. The summed E-state index contributed by atoms with van der Waals surface area (Å²) in [5.74, 6) is -0.173. The maximum absolute atomic E-state index is 12.9. The second kappa shape index (κ2) is 7.95. The van der Waals surface area contributed by atoms with E-state index in [1.807, 2.05) is 0 Å². The number of nitrogens with one attached hydrogen (secondary N) is 1. The van der Waals surface area contributed by atoms with Gasteiger partial charge in [0.15, 0.2) is 0 Å². The van der Waals surface area contributed by atoms with Gasteiger partial charge in [0, 0.05) is 19.0 Å². The number of amides is 2. The number of nitrogens with zero attached hydrogens (tertiary/aromatic N) is 1. The van der Waals surface area contributed by atoms with Crippen LogP contribution in [0.2, 0.25) is 0 Å². The number of nitrogens with two attached hydrogens (primary N) is 1. The first-order valence-electron chi connectivity index (χ1n) is 9.09. The van der Waals surface area contributed by atoms with Crippen molar-refractivity contribution >= 4 is 11.8 Å². The number of hydrogen-bond donors (Lipinski definition) is 2. The van der Waals surface area contributed by atoms with Crippen molar-refractivity contribution in [3.63, 3.8) is 0 Å². The number of rotatable bonds is 7. The topological polar surface area (TPSA) is 75.4 Å². The second-order valence-corrected chi connectivity index (χ2v) is 7.19. The maximum atomic E-state index is 12.9. The largest absolute Gasteiger partial charge is 0.369 e. The SMILES string of the molecule is NC(=O)[C@@H]1CCCN(CCCNC(=O)[C@@H]2C[C@H]2c2ccc(F)cc2)C1. The molecule has 2 fully saturated rings. The minimum atomic E-state index is -0.248. The molecule has 25 heavy (non-hydrogen) atoms. The Balaban J connectivity index is 1.34. The van der Waals surface area contributed by atoms with Gasteiger partial charge < -0.3 is 16.0 Å². The number of carbonyl (C=O) groups excluding carboxylic acids is 2. The molecule has 0 radical (unpaired) electrons. The van der Waals surface area contributed by atoms with Crippen LogP contribution in [0.3, 0.4) is 0 Å². The van der Waals surface area contributed by atoms with E-state index in [1.54, 1.807) is 12.1 Å². The summed E-state index contributed by atoms with van der Waals surface area (Å²) in [4.78, 5) is 25.7. The van der Waals surface area contributed by atoms with Crippen molar-refractivity contribution in [3.8, 4) is 0 Å². The van der Waals surface area contributed by atoms with E-state index in [4.69, 9.17) is 5.73 Å². The predicted octanol–water partition coefficient (Wildman–Crippen LogP) is 1.63. The van der Waals surface area contributed by atoms with Gasteiger partial charge in [-0.15, -0.1) is 0 Å². The molecule has 0 bridgehead atoms. The first kappa shape index (κ1) is 17.9. The minimum Gasteiger partial charge on any atom is -0.369 e. The monoisotopic (exact) mass is 347 g/mol. The molecule has 1 heterocycles. The summed E-state index contributed by atoms with van der Waals surface area (Å²) < 4.78 is 12.9. The molecule has 1 aromatic rings. The lowest BCUT2D eigenvalue weighted by molar-refractivity contribution is -0.123. The molecule has 0 aromatic heterocycles. The molecule has 3 atom stereocenters. The molecule has 0 spiro atoms. The molecule has 6 heteroatoms. The van der Waals surface area contributed by atoms with Crippen LogP contribution in [-0.2, 0) is 9.59 Å². The Kier molecular flexibility index (Phi) is 5.68. The summed E-state index contributed by atoms with van der Waals surface area (Å²) in [5.41, 5.74) is 6.42. The first-order chi connectivity index (χ1) is 12.0. The van der Waals surface area contributed by atoms with Crippen LogP contribution >= 0.6 is 0 Å². The Morgan fingerprint density at radius 3 is 2.76 bits per heavy atom. The van der Waals surface area contributed by atoms with Crippen molar-refractivity contribution in [2.75, 3.05) is 26.2 Å². The van der Waals surface area contributed by atoms with Gasteiger partial charge >= 0.3 is 0 Å². The lowest BCUT2D eigenvalue weighted by Crippen LogP contribution is -2.42. The molecule has 2 amide bonds. The maximum Gasteiger partial charge on any atom is 0.223 e. The van der Waals surface area contributed by atoms with Crippen LogP contribution in [0, 0.1) is 17.7 Å². The molecule has 136 valence electrons. The number of hydrogen-bond acceptors (Lipinski definition) is 3. The molecule has 1 saturated heterocycles. The first-order valence-corrected chi connectivity index (χ1v) is 9.09. The third-order valence-electron chi connectivity index (χ3n) is 5.28. The second-order valence-electron chi connectivity index (χ2n) is 7.19. The molecule has 5 nitrogen and oxygen atoms in total. The highest BCUT2D eigenvalue weighted by atomic mass is 19.1. The fraction of sp³-hybridized carbons (Fsp3) is 0.579. The molecule has 1 aromatic carbocycles. The van der Waals surface area contributed by atoms with E-state index >= 15 is 0 Å². The van der Waals surface area contributed by atoms with Crippen LogP contribution in [0.1, 0.15) is 37.2 Å². The van der Waals surface area contributed by atoms with Gasteiger partial charge in [0.1, 0.15) is 5.82 Å². The summed E-state index contributed by atoms with van der Waals surface area (Å²) in [6.45, 7) is 3.24. The van der Waals surface area contributed by atoms with Crippen LogP contribution in [0.25, 0.3) is 0 Å². The summed E-state index contributed by atoms with van der Waals surface area (Å²) in [6, 6.07) is 6.42. The zero-order valence-electron chi connectivity index (χ0n) is 14.4. The van der Waals surface area contributed by atoms with E-state index in [9.17, 15) is 14.0 Å². The molecule has 1 saturated carbocycles. The molecule has 3 N–H and O–H groups in total. The quantitative estimate of drug-likeness (QED) is 0.736. The highest BCUT2D eigenvalue weighted by molar-refractivity contribution is 5.82. The molecule has 0 unspecified atom stereocenters. The Labute approximate surface area is 147 Å². The van der Waals surface area contributed by atoms with Crippen molar-refractivity contribution in [2.24, 2.45) is 17.6 Å². The lowest BCUT2D eigenvalue weighted by Gasteiger charge is -2.31. The number of likely N-dealkylation sites (tertiary alicyclic amines) is 1. The normalized spacial score (nSPS) is 26.2. The standard InChI is InChI=1S/C19H26FN3O2/c20-15-6-4-13(5-7-15)16-11-17(16)19(25)22-8-2-10-23-9-1-3-14(12-23)18(21)24/h4-7,14,16-17H,1-3,8-12H2,(H2,21,24)(H,22,25)/t14-,16+,17-/m1/s1. The zero-order chi connectivity index (χ0) is 17.8. The third-order valence-corrected chi connectivity index (χ3v) is 5.28. The fourth-order valence-corrected chi connectivity index (χ4v) is 3.70. The Hall–Kier alpha value is -1.95. The van der Waals surface area contributed by atoms with E-state index in [-0.39, 0.29) is 35.4 Å². The summed E-state index contributed by atoms with van der Waals surface area (Å²) in [6.07, 6.45) is 3.59. The van der Waals surface area contributed by atoms with E-state index in [2.05, 4.69) is 10.2 Å². The average Bonchev–Trinajstić information content (AvgIpc) is 3.40. The van der Waals surface area contributed by atoms with Crippen molar-refractivity contribution < 1.29 is 14.0 Å². The predicted molar refractivity (Wildman–Crippen MR) is 93.2 cm³/mol. The molecule has 1 aliphatic heterocycles. The lowest BCUT2D eigenvalue weighted by atomic mass is 9.97. The van der Waals surface area contributed by atoms with Crippen LogP contribution in [0.5, 0.6) is 0 Å². The van der Waals surface area contributed by atoms with Crippen LogP contribution in [0.15, 0.2) is 24.3 Å². The van der Waals surface area contributed by atoms with Gasteiger partial charge in [-0.3, -0.25) is 9.59 Å². The van der Waals surface area contributed by atoms with Gasteiger partial charge in [-0.25, -0.2) is 4.39 Å². The number of carbonyl (C=O) groups is 2. The van der Waals surface area contributed by atoms with E-state index < -0.39 is 0 Å². The van der Waals surface area contributed by atoms with Crippen molar-refractivity contribution in [1.82, 2.24) is 10.2 Å². The van der Waals surface area contributed by atoms with Crippen LogP contribution in [0.4, 0.5) is 4.39 Å². The van der Waals surface area contributed by atoms with Gasteiger partial charge in [-0.2, -0.15) is 0 Å². The molecule has 2 aliphatic rings. The van der Waals surface area contributed by atoms with Gasteiger partial charge in [0.05, 0.1) is 5.92 Å². The number of primary amides is 1. The van der Waals surface area contributed by atoms with Crippen molar-refractivity contribution in [1.29, 1.82) is 0 Å². The van der Waals surface area contributed by atoms with Gasteiger partial charge in [0.25, 0.3) is 0 Å². The van der Waals surface area contributed by atoms with E-state index in [0.717, 1.165) is 50.9 Å². The van der Waals surface area contributed by atoms with Crippen molar-refractivity contribution in [2.45, 2.75) is 31.6 Å². The molecular formula is C19H26FN3O2. The summed E-state index contributed by atoms with van der Waals surface area (Å²) >= 11 is 0. The van der Waals surface area contributed by atoms with Crippen LogP contribution < -0.4 is 11.1 Å². The minimum absolute atomic E-state index is 0.0136. The number of piperidine rings is 1. The molecular weight excluding hydrogens is 321 g/mol. The van der Waals surface area contributed by atoms with E-state index in [1.165, 1.54) is 12.1 Å². The van der Waals surface area contributed by atoms with Gasteiger partial charge in [-0.1, -0.05) is 12.1 Å². The average molecular weight is 347 g/mol. The van der Waals surface area contributed by atoms with E-state index in [0.29, 0.717) is 6.54 Å². The highest BCUT2D eigenvalue weighted by Crippen LogP contribution is 2.47. The molecule has 1 aliphatic carbocycles. The Morgan fingerprint density at radius 2 is 2.04 bits per heavy atom. The van der Waals surface area contributed by atoms with Crippen LogP contribution in [-0.4, -0.2) is 42.9 Å². The van der Waals surface area contributed by atoms with Gasteiger partial charge in [-0.05, 0) is 62.4 Å². The third kappa shape index (κ3) is 4.78. The Bertz CT molecular complexity index is 620. The smallest absolute Gasteiger partial charge is 0.223 e. The fourth-order valence-electron chi connectivity index (χ4n) is 3.70. The summed E-state index contributed by atoms with van der Waals surface area (Å²) in [5, 5.41) is 3.00. The van der Waals surface area contributed by atoms with Gasteiger partial charge in [0.2, 0.25) is 11.8 Å². The molecule has 3 rings (SSSR count).